The summed E-state index contributed by atoms with van der Waals surface area (Å²) < 4.78 is 27.7. The van der Waals surface area contributed by atoms with Crippen molar-refractivity contribution < 1.29 is 73.5 Å². The number of ketones is 1. The number of phenolic OH excluding ortho intramolecular Hbond substituents is 1. The first-order chi connectivity index (χ1) is 23.4. The topological polar surface area (TPSA) is 236 Å². The molecule has 0 amide bonds. The zero-order valence-electron chi connectivity index (χ0n) is 25.5. The van der Waals surface area contributed by atoms with Gasteiger partial charge in [-0.05, 0) is 54.6 Å². The highest BCUT2D eigenvalue weighted by molar-refractivity contribution is 6.01. The molecule has 0 bridgehead atoms. The standard InChI is InChI=1S/C34H32O15/c35-21-11-13-23(20(15-21)16-46-33(43)34(44)25(37)14-12-22(36)29(34)40)47-32-28(49-31(42)19-9-5-2-6-10-19)27(39)26(38)24(48-32)17-45-30(41)18-7-3-1-4-8-18/h1-15,24-29,32,35,37-40,44H,16-17H2/t24-,25+,26+,27+,28-,29-,32+,34-/m0/s1. The van der Waals surface area contributed by atoms with E-state index in [-0.39, 0.29) is 28.2 Å². The van der Waals surface area contributed by atoms with Gasteiger partial charge in [-0.25, -0.2) is 14.4 Å². The van der Waals surface area contributed by atoms with Gasteiger partial charge in [0.25, 0.3) is 0 Å². The fourth-order valence-electron chi connectivity index (χ4n) is 5.06. The molecule has 1 aliphatic carbocycles. The zero-order chi connectivity index (χ0) is 35.3. The molecule has 15 nitrogen and oxygen atoms in total. The maximum atomic E-state index is 13.0. The first-order valence-electron chi connectivity index (χ1n) is 14.9. The molecule has 3 aromatic carbocycles. The highest BCUT2D eigenvalue weighted by atomic mass is 16.7. The number of phenols is 1. The van der Waals surface area contributed by atoms with Crippen molar-refractivity contribution in [1.82, 2.24) is 0 Å². The molecule has 5 rings (SSSR count). The number of aromatic hydroxyl groups is 1. The quantitative estimate of drug-likeness (QED) is 0.122. The molecule has 1 aliphatic heterocycles. The van der Waals surface area contributed by atoms with Crippen molar-refractivity contribution in [2.75, 3.05) is 6.61 Å². The predicted octanol–water partition coefficient (Wildman–Crippen LogP) is -0.0647. The van der Waals surface area contributed by atoms with E-state index in [0.29, 0.717) is 0 Å². The molecule has 15 heteroatoms. The van der Waals surface area contributed by atoms with Crippen molar-refractivity contribution in [2.24, 2.45) is 0 Å². The van der Waals surface area contributed by atoms with Crippen molar-refractivity contribution in [3.05, 3.63) is 108 Å². The maximum absolute atomic E-state index is 13.0. The molecule has 1 saturated heterocycles. The van der Waals surface area contributed by atoms with Gasteiger partial charge in [0.15, 0.2) is 18.0 Å². The van der Waals surface area contributed by atoms with Crippen LogP contribution in [0.2, 0.25) is 0 Å². The predicted molar refractivity (Wildman–Crippen MR) is 163 cm³/mol. The molecule has 8 atom stereocenters. The zero-order valence-corrected chi connectivity index (χ0v) is 25.5. The summed E-state index contributed by atoms with van der Waals surface area (Å²) in [7, 11) is 0. The van der Waals surface area contributed by atoms with Crippen LogP contribution in [0, 0.1) is 0 Å². The third-order valence-electron chi connectivity index (χ3n) is 7.84. The van der Waals surface area contributed by atoms with Gasteiger partial charge in [0.05, 0.1) is 11.1 Å². The summed E-state index contributed by atoms with van der Waals surface area (Å²) >= 11 is 0. The summed E-state index contributed by atoms with van der Waals surface area (Å²) in [5.41, 5.74) is -2.84. The highest BCUT2D eigenvalue weighted by Crippen LogP contribution is 2.32. The lowest BCUT2D eigenvalue weighted by molar-refractivity contribution is -0.276. The maximum Gasteiger partial charge on any atom is 0.344 e. The number of aliphatic hydroxyl groups is 5. The van der Waals surface area contributed by atoms with Gasteiger partial charge in [-0.15, -0.1) is 0 Å². The molecule has 1 fully saturated rings. The molecule has 0 saturated carbocycles. The summed E-state index contributed by atoms with van der Waals surface area (Å²) in [6.45, 7) is -1.34. The Morgan fingerprint density at radius 3 is 2.10 bits per heavy atom. The lowest BCUT2D eigenvalue weighted by atomic mass is 9.83. The molecule has 0 unspecified atom stereocenters. The molecular weight excluding hydrogens is 648 g/mol. The highest BCUT2D eigenvalue weighted by Gasteiger charge is 2.55. The van der Waals surface area contributed by atoms with E-state index in [2.05, 4.69) is 0 Å². The summed E-state index contributed by atoms with van der Waals surface area (Å²) in [4.78, 5) is 50.3. The molecule has 3 aromatic rings. The Morgan fingerprint density at radius 2 is 1.45 bits per heavy atom. The van der Waals surface area contributed by atoms with E-state index >= 15 is 0 Å². The van der Waals surface area contributed by atoms with Gasteiger partial charge in [0, 0.05) is 5.56 Å². The first kappa shape index (κ1) is 35.2. The Balaban J connectivity index is 1.38. The molecule has 0 radical (unpaired) electrons. The molecule has 0 spiro atoms. The van der Waals surface area contributed by atoms with Crippen LogP contribution in [0.25, 0.3) is 0 Å². The van der Waals surface area contributed by atoms with Crippen molar-refractivity contribution in [3.63, 3.8) is 0 Å². The second kappa shape index (κ2) is 14.9. The number of carbonyl (C=O) groups is 4. The first-order valence-corrected chi connectivity index (χ1v) is 14.9. The van der Waals surface area contributed by atoms with Crippen LogP contribution in [-0.4, -0.2) is 109 Å². The van der Waals surface area contributed by atoms with Gasteiger partial charge in [-0.2, -0.15) is 0 Å². The van der Waals surface area contributed by atoms with Crippen LogP contribution in [0.3, 0.4) is 0 Å². The largest absolute Gasteiger partial charge is 0.508 e. The minimum absolute atomic E-state index is 0.0944. The molecule has 6 N–H and O–H groups in total. The van der Waals surface area contributed by atoms with Gasteiger partial charge in [0.1, 0.15) is 49.1 Å². The number of esters is 3. The van der Waals surface area contributed by atoms with E-state index in [0.717, 1.165) is 18.2 Å². The van der Waals surface area contributed by atoms with Crippen LogP contribution in [0.15, 0.2) is 91.0 Å². The number of benzene rings is 3. The SMILES string of the molecule is O=C(OC[C@@H]1O[C@@H](Oc2ccc(O)cc2COC(=O)[C@]2(O)[C@H](O)C=CC(=O)[C@@H]2O)[C@@H](OC(=O)c2ccccc2)[C@H](O)[C@@H]1O)c1ccccc1. The average molecular weight is 681 g/mol. The summed E-state index contributed by atoms with van der Waals surface area (Å²) in [6.07, 6.45) is -11.1. The summed E-state index contributed by atoms with van der Waals surface area (Å²) in [6, 6.07) is 19.1. The van der Waals surface area contributed by atoms with Crippen molar-refractivity contribution in [2.45, 2.75) is 55.1 Å². The van der Waals surface area contributed by atoms with Gasteiger partial charge < -0.3 is 54.3 Å². The lowest BCUT2D eigenvalue weighted by Gasteiger charge is -2.41. The average Bonchev–Trinajstić information content (AvgIpc) is 3.11. The Morgan fingerprint density at radius 1 is 0.816 bits per heavy atom. The van der Waals surface area contributed by atoms with Crippen LogP contribution in [-0.2, 0) is 35.1 Å². The van der Waals surface area contributed by atoms with E-state index in [1.54, 1.807) is 36.4 Å². The number of aliphatic hydroxyl groups excluding tert-OH is 4. The minimum atomic E-state index is -3.04. The molecule has 258 valence electrons. The van der Waals surface area contributed by atoms with Crippen LogP contribution < -0.4 is 4.74 Å². The second-order valence-corrected chi connectivity index (χ2v) is 11.1. The van der Waals surface area contributed by atoms with E-state index in [1.807, 2.05) is 0 Å². The molecule has 0 aromatic heterocycles. The number of rotatable bonds is 10. The van der Waals surface area contributed by atoms with Crippen molar-refractivity contribution in [1.29, 1.82) is 0 Å². The Kier molecular flexibility index (Phi) is 10.7. The monoisotopic (exact) mass is 680 g/mol. The van der Waals surface area contributed by atoms with E-state index in [9.17, 15) is 49.8 Å². The van der Waals surface area contributed by atoms with E-state index in [1.165, 1.54) is 36.4 Å². The fraction of sp³-hybridized carbons (Fsp3) is 0.294. The van der Waals surface area contributed by atoms with Gasteiger partial charge in [-0.1, -0.05) is 36.4 Å². The fourth-order valence-corrected chi connectivity index (χ4v) is 5.06. The number of carbonyl (C=O) groups excluding carboxylic acids is 4. The summed E-state index contributed by atoms with van der Waals surface area (Å²) in [5.74, 6) is -4.83. The van der Waals surface area contributed by atoms with Gasteiger partial charge >= 0.3 is 17.9 Å². The third-order valence-corrected chi connectivity index (χ3v) is 7.84. The minimum Gasteiger partial charge on any atom is -0.508 e. The Hall–Kier alpha value is -5.16. The lowest BCUT2D eigenvalue weighted by Crippen LogP contribution is -2.62. The smallest absolute Gasteiger partial charge is 0.344 e. The Labute approximate surface area is 278 Å². The molecule has 49 heavy (non-hydrogen) atoms. The van der Waals surface area contributed by atoms with Crippen LogP contribution in [0.1, 0.15) is 26.3 Å². The molecule has 1 heterocycles. The Bertz CT molecular complexity index is 1690. The van der Waals surface area contributed by atoms with Crippen LogP contribution >= 0.6 is 0 Å². The van der Waals surface area contributed by atoms with Crippen LogP contribution in [0.4, 0.5) is 0 Å². The third kappa shape index (κ3) is 7.62. The number of hydrogen-bond acceptors (Lipinski definition) is 15. The number of ether oxygens (including phenoxy) is 5. The van der Waals surface area contributed by atoms with Gasteiger partial charge in [0.2, 0.25) is 11.9 Å². The van der Waals surface area contributed by atoms with Crippen molar-refractivity contribution >= 4 is 23.7 Å². The van der Waals surface area contributed by atoms with Gasteiger partial charge in [-0.3, -0.25) is 4.79 Å². The van der Waals surface area contributed by atoms with E-state index < -0.39 is 85.4 Å². The van der Waals surface area contributed by atoms with E-state index in [4.69, 9.17) is 23.7 Å². The van der Waals surface area contributed by atoms with Crippen molar-refractivity contribution in [3.8, 4) is 11.5 Å². The summed E-state index contributed by atoms with van der Waals surface area (Å²) in [5, 5.41) is 63.2. The van der Waals surface area contributed by atoms with Crippen LogP contribution in [0.5, 0.6) is 11.5 Å². The normalized spacial score (nSPS) is 27.9. The second-order valence-electron chi connectivity index (χ2n) is 11.1. The molecule has 2 aliphatic rings. The molecular formula is C34H32O15. The number of hydrogen-bond donors (Lipinski definition) is 6.